The van der Waals surface area contributed by atoms with Crippen LogP contribution < -0.4 is 5.32 Å². The van der Waals surface area contributed by atoms with Crippen molar-refractivity contribution >= 4 is 0 Å². The number of hydrogen-bond acceptors (Lipinski definition) is 4. The Morgan fingerprint density at radius 3 is 2.59 bits per heavy atom. The highest BCUT2D eigenvalue weighted by Gasteiger charge is 2.49. The molecule has 2 aromatic carbocycles. The lowest BCUT2D eigenvalue weighted by Gasteiger charge is -2.13. The lowest BCUT2D eigenvalue weighted by Crippen LogP contribution is -2.29. The normalized spacial score (nSPS) is 22.2. The van der Waals surface area contributed by atoms with Gasteiger partial charge in [0.15, 0.2) is 5.76 Å². The topological polar surface area (TPSA) is 61.9 Å². The van der Waals surface area contributed by atoms with Crippen LogP contribution in [0.4, 0.5) is 0 Å². The number of hydrogen-bond donors (Lipinski definition) is 1. The second-order valence-electron chi connectivity index (χ2n) is 7.79. The molecule has 27 heavy (non-hydrogen) atoms. The van der Waals surface area contributed by atoms with Gasteiger partial charge < -0.3 is 9.84 Å². The molecule has 2 aliphatic rings. The van der Waals surface area contributed by atoms with E-state index in [2.05, 4.69) is 52.9 Å². The monoisotopic (exact) mass is 355 g/mol. The van der Waals surface area contributed by atoms with E-state index in [-0.39, 0.29) is 5.41 Å². The summed E-state index contributed by atoms with van der Waals surface area (Å²) >= 11 is 0. The van der Waals surface area contributed by atoms with Crippen LogP contribution >= 0.6 is 0 Å². The molecular formula is C23H21N3O. The molecule has 0 aliphatic heterocycles. The summed E-state index contributed by atoms with van der Waals surface area (Å²) in [4.78, 5) is 0. The molecule has 0 spiro atoms. The van der Waals surface area contributed by atoms with Crippen molar-refractivity contribution in [3.05, 3.63) is 77.5 Å². The number of rotatable bonds is 6. The smallest absolute Gasteiger partial charge is 0.167 e. The van der Waals surface area contributed by atoms with E-state index in [1.54, 1.807) is 0 Å². The molecule has 0 saturated heterocycles. The largest absolute Gasteiger partial charge is 0.356 e. The van der Waals surface area contributed by atoms with Crippen molar-refractivity contribution in [2.75, 3.05) is 6.54 Å². The quantitative estimate of drug-likeness (QED) is 0.712. The average molecular weight is 355 g/mol. The zero-order chi connectivity index (χ0) is 18.3. The van der Waals surface area contributed by atoms with Crippen molar-refractivity contribution < 1.29 is 4.52 Å². The summed E-state index contributed by atoms with van der Waals surface area (Å²) in [5.41, 5.74) is 4.22. The van der Waals surface area contributed by atoms with Gasteiger partial charge in [0.25, 0.3) is 0 Å². The Morgan fingerprint density at radius 2 is 1.89 bits per heavy atom. The fourth-order valence-electron chi connectivity index (χ4n) is 3.86. The Bertz CT molecular complexity index is 980. The Hall–Kier alpha value is -2.90. The van der Waals surface area contributed by atoms with Gasteiger partial charge in [-0.2, -0.15) is 5.26 Å². The minimum atomic E-state index is 0.123. The molecular weight excluding hydrogens is 334 g/mol. The third kappa shape index (κ3) is 3.15. The first-order valence-electron chi connectivity index (χ1n) is 9.53. The SMILES string of the molecule is N#Cc1ccc(-c2cc(C3(CN[C@H]4CC4c4ccccc4)CC3)no2)cc1. The second-order valence-corrected chi connectivity index (χ2v) is 7.79. The summed E-state index contributed by atoms with van der Waals surface area (Å²) in [7, 11) is 0. The molecule has 4 nitrogen and oxygen atoms in total. The van der Waals surface area contributed by atoms with E-state index in [0.717, 1.165) is 36.4 Å². The van der Waals surface area contributed by atoms with E-state index in [4.69, 9.17) is 9.78 Å². The minimum Gasteiger partial charge on any atom is -0.356 e. The minimum absolute atomic E-state index is 0.123. The van der Waals surface area contributed by atoms with Gasteiger partial charge in [0.1, 0.15) is 0 Å². The zero-order valence-corrected chi connectivity index (χ0v) is 15.1. The summed E-state index contributed by atoms with van der Waals surface area (Å²) in [6.07, 6.45) is 3.53. The van der Waals surface area contributed by atoms with Crippen molar-refractivity contribution in [1.82, 2.24) is 10.5 Å². The van der Waals surface area contributed by atoms with E-state index in [1.807, 2.05) is 24.3 Å². The molecule has 2 fully saturated rings. The van der Waals surface area contributed by atoms with Crippen LogP contribution in [0.3, 0.4) is 0 Å². The number of nitriles is 1. The molecule has 5 rings (SSSR count). The highest BCUT2D eigenvalue weighted by Crippen LogP contribution is 2.49. The summed E-state index contributed by atoms with van der Waals surface area (Å²) in [6, 6.07) is 23.0. The summed E-state index contributed by atoms with van der Waals surface area (Å²) < 4.78 is 5.60. The fourth-order valence-corrected chi connectivity index (χ4v) is 3.86. The van der Waals surface area contributed by atoms with Crippen LogP contribution in [0.1, 0.15) is 42.0 Å². The number of benzene rings is 2. The van der Waals surface area contributed by atoms with E-state index in [0.29, 0.717) is 17.5 Å². The second kappa shape index (κ2) is 6.37. The first kappa shape index (κ1) is 16.3. The molecule has 1 heterocycles. The molecule has 0 bridgehead atoms. The molecule has 1 unspecified atom stereocenters. The molecule has 2 aliphatic carbocycles. The summed E-state index contributed by atoms with van der Waals surface area (Å²) in [5.74, 6) is 1.42. The Balaban J connectivity index is 1.24. The molecule has 3 aromatic rings. The molecule has 1 aromatic heterocycles. The van der Waals surface area contributed by atoms with Crippen LogP contribution in [-0.2, 0) is 5.41 Å². The van der Waals surface area contributed by atoms with E-state index in [1.165, 1.54) is 12.0 Å². The predicted molar refractivity (Wildman–Crippen MR) is 103 cm³/mol. The molecule has 2 atom stereocenters. The van der Waals surface area contributed by atoms with Crippen molar-refractivity contribution in [2.45, 2.75) is 36.6 Å². The number of aromatic nitrogens is 1. The van der Waals surface area contributed by atoms with E-state index < -0.39 is 0 Å². The summed E-state index contributed by atoms with van der Waals surface area (Å²) in [5, 5.41) is 17.0. The van der Waals surface area contributed by atoms with Gasteiger partial charge in [-0.1, -0.05) is 35.5 Å². The van der Waals surface area contributed by atoms with Crippen molar-refractivity contribution in [3.63, 3.8) is 0 Å². The standard InChI is InChI=1S/C23H21N3O/c24-14-16-6-8-18(9-7-16)21-13-22(26-27-21)23(10-11-23)15-25-20-12-19(20)17-4-2-1-3-5-17/h1-9,13,19-20,25H,10-12,15H2/t19?,20-/m0/s1. The highest BCUT2D eigenvalue weighted by atomic mass is 16.5. The van der Waals surface area contributed by atoms with Crippen molar-refractivity contribution in [3.8, 4) is 17.4 Å². The van der Waals surface area contributed by atoms with Gasteiger partial charge in [-0.05, 0) is 49.1 Å². The third-order valence-corrected chi connectivity index (χ3v) is 5.93. The van der Waals surface area contributed by atoms with Gasteiger partial charge >= 0.3 is 0 Å². The third-order valence-electron chi connectivity index (χ3n) is 5.93. The lowest BCUT2D eigenvalue weighted by atomic mass is 10.0. The Kier molecular flexibility index (Phi) is 3.84. The van der Waals surface area contributed by atoms with Crippen LogP contribution in [0, 0.1) is 11.3 Å². The number of nitrogens with zero attached hydrogens (tertiary/aromatic N) is 2. The Morgan fingerprint density at radius 1 is 1.11 bits per heavy atom. The average Bonchev–Trinajstić information content (AvgIpc) is 3.64. The predicted octanol–water partition coefficient (Wildman–Crippen LogP) is 4.39. The van der Waals surface area contributed by atoms with Crippen LogP contribution in [0.5, 0.6) is 0 Å². The van der Waals surface area contributed by atoms with Crippen molar-refractivity contribution in [2.24, 2.45) is 0 Å². The Labute approximate surface area is 158 Å². The van der Waals surface area contributed by atoms with Gasteiger partial charge in [-0.3, -0.25) is 0 Å². The zero-order valence-electron chi connectivity index (χ0n) is 15.1. The first-order chi connectivity index (χ1) is 13.3. The lowest BCUT2D eigenvalue weighted by molar-refractivity contribution is 0.409. The van der Waals surface area contributed by atoms with Crippen LogP contribution in [0.15, 0.2) is 65.2 Å². The van der Waals surface area contributed by atoms with Gasteiger partial charge in [-0.25, -0.2) is 0 Å². The first-order valence-corrected chi connectivity index (χ1v) is 9.53. The number of nitrogens with one attached hydrogen (secondary N) is 1. The van der Waals surface area contributed by atoms with E-state index in [9.17, 15) is 0 Å². The fraction of sp³-hybridized carbons (Fsp3) is 0.304. The highest BCUT2D eigenvalue weighted by molar-refractivity contribution is 5.59. The van der Waals surface area contributed by atoms with Crippen LogP contribution in [-0.4, -0.2) is 17.7 Å². The molecule has 134 valence electrons. The molecule has 0 amide bonds. The maximum absolute atomic E-state index is 8.93. The molecule has 0 radical (unpaired) electrons. The van der Waals surface area contributed by atoms with Crippen LogP contribution in [0.2, 0.25) is 0 Å². The van der Waals surface area contributed by atoms with Gasteiger partial charge in [0.2, 0.25) is 0 Å². The van der Waals surface area contributed by atoms with Gasteiger partial charge in [0.05, 0.1) is 17.3 Å². The van der Waals surface area contributed by atoms with Crippen LogP contribution in [0.25, 0.3) is 11.3 Å². The molecule has 4 heteroatoms. The van der Waals surface area contributed by atoms with Gasteiger partial charge in [0, 0.05) is 35.5 Å². The maximum atomic E-state index is 8.93. The maximum Gasteiger partial charge on any atom is 0.167 e. The van der Waals surface area contributed by atoms with E-state index >= 15 is 0 Å². The molecule has 1 N–H and O–H groups in total. The molecule has 2 saturated carbocycles. The van der Waals surface area contributed by atoms with Gasteiger partial charge in [-0.15, -0.1) is 0 Å². The summed E-state index contributed by atoms with van der Waals surface area (Å²) in [6.45, 7) is 0.959. The van der Waals surface area contributed by atoms with Crippen molar-refractivity contribution in [1.29, 1.82) is 5.26 Å².